The molecular weight excluding hydrogens is 364 g/mol. The first-order valence-corrected chi connectivity index (χ1v) is 10.8. The Hall–Kier alpha value is -2.37. The van der Waals surface area contributed by atoms with E-state index in [0.717, 1.165) is 23.9 Å². The van der Waals surface area contributed by atoms with Gasteiger partial charge >= 0.3 is 0 Å². The van der Waals surface area contributed by atoms with Crippen molar-refractivity contribution in [1.82, 2.24) is 19.8 Å². The van der Waals surface area contributed by atoms with Gasteiger partial charge in [0.05, 0.1) is 17.1 Å². The number of fused-ring (bicyclic) bond motifs is 1. The quantitative estimate of drug-likeness (QED) is 0.682. The second-order valence-corrected chi connectivity index (χ2v) is 8.28. The number of nitrogens with one attached hydrogen (secondary N) is 1. The maximum atomic E-state index is 13.1. The zero-order valence-electron chi connectivity index (χ0n) is 18.9. The van der Waals surface area contributed by atoms with Gasteiger partial charge in [0.2, 0.25) is 11.8 Å². The van der Waals surface area contributed by atoms with E-state index >= 15 is 0 Å². The largest absolute Gasteiger partial charge is 0.346 e. The van der Waals surface area contributed by atoms with E-state index in [9.17, 15) is 9.59 Å². The molecule has 1 aromatic carbocycles. The van der Waals surface area contributed by atoms with Gasteiger partial charge in [-0.1, -0.05) is 26.0 Å². The second kappa shape index (κ2) is 9.90. The van der Waals surface area contributed by atoms with Crippen LogP contribution < -0.4 is 5.32 Å². The van der Waals surface area contributed by atoms with Crippen LogP contribution in [0, 0.1) is 5.92 Å². The predicted molar refractivity (Wildman–Crippen MR) is 117 cm³/mol. The van der Waals surface area contributed by atoms with Crippen molar-refractivity contribution in [3.05, 3.63) is 30.1 Å². The standard InChI is InChI=1S/C23H36N4O2/c1-8-18(9-2)23(29)24-17(7)22-25-19-12-10-11-13-20(19)26(22)14-21(28)27(15(3)4)16(5)6/h10-13,15-18H,8-9,14H2,1-7H3,(H,24,29). The van der Waals surface area contributed by atoms with Gasteiger partial charge in [0, 0.05) is 18.0 Å². The van der Waals surface area contributed by atoms with E-state index in [-0.39, 0.29) is 42.4 Å². The van der Waals surface area contributed by atoms with Crippen LogP contribution >= 0.6 is 0 Å². The minimum Gasteiger partial charge on any atom is -0.346 e. The van der Waals surface area contributed by atoms with Gasteiger partial charge in [-0.05, 0) is 59.6 Å². The third-order valence-corrected chi connectivity index (χ3v) is 5.48. The highest BCUT2D eigenvalue weighted by atomic mass is 16.2. The summed E-state index contributed by atoms with van der Waals surface area (Å²) in [5.41, 5.74) is 1.74. The number of benzene rings is 1. The molecule has 1 unspecified atom stereocenters. The fourth-order valence-corrected chi connectivity index (χ4v) is 4.04. The van der Waals surface area contributed by atoms with Gasteiger partial charge < -0.3 is 14.8 Å². The van der Waals surface area contributed by atoms with Gasteiger partial charge in [-0.2, -0.15) is 0 Å². The minimum atomic E-state index is -0.283. The fourth-order valence-electron chi connectivity index (χ4n) is 4.04. The molecule has 0 radical (unpaired) electrons. The average Bonchev–Trinajstić information content (AvgIpc) is 3.00. The summed E-state index contributed by atoms with van der Waals surface area (Å²) in [5.74, 6) is 0.803. The molecule has 6 heteroatoms. The number of hydrogen-bond donors (Lipinski definition) is 1. The number of para-hydroxylation sites is 2. The Balaban J connectivity index is 2.39. The van der Waals surface area contributed by atoms with Crippen molar-refractivity contribution in [2.24, 2.45) is 5.92 Å². The monoisotopic (exact) mass is 400 g/mol. The number of rotatable bonds is 9. The molecule has 1 aromatic heterocycles. The number of nitrogens with zero attached hydrogens (tertiary/aromatic N) is 3. The molecule has 2 aromatic rings. The summed E-state index contributed by atoms with van der Waals surface area (Å²) in [6.07, 6.45) is 1.61. The van der Waals surface area contributed by atoms with E-state index in [1.807, 2.05) is 82.2 Å². The lowest BCUT2D eigenvalue weighted by atomic mass is 10.0. The third kappa shape index (κ3) is 5.17. The van der Waals surface area contributed by atoms with Crippen LogP contribution in [0.3, 0.4) is 0 Å². The molecule has 0 saturated heterocycles. The van der Waals surface area contributed by atoms with Gasteiger partial charge in [0.1, 0.15) is 12.4 Å². The maximum absolute atomic E-state index is 13.1. The Kier molecular flexibility index (Phi) is 7.82. The van der Waals surface area contributed by atoms with E-state index in [1.165, 1.54) is 0 Å². The summed E-state index contributed by atoms with van der Waals surface area (Å²) in [7, 11) is 0. The molecule has 1 heterocycles. The van der Waals surface area contributed by atoms with Gasteiger partial charge in [-0.25, -0.2) is 4.98 Å². The molecule has 0 fully saturated rings. The van der Waals surface area contributed by atoms with Crippen LogP contribution in [0.25, 0.3) is 11.0 Å². The molecule has 160 valence electrons. The maximum Gasteiger partial charge on any atom is 0.243 e. The summed E-state index contributed by atoms with van der Waals surface area (Å²) in [5, 5.41) is 3.10. The van der Waals surface area contributed by atoms with Crippen molar-refractivity contribution < 1.29 is 9.59 Å². The van der Waals surface area contributed by atoms with Crippen molar-refractivity contribution in [3.8, 4) is 0 Å². The molecule has 0 aliphatic rings. The molecule has 1 N–H and O–H groups in total. The Labute approximate surface area is 174 Å². The lowest BCUT2D eigenvalue weighted by Crippen LogP contribution is -2.44. The van der Waals surface area contributed by atoms with E-state index in [1.54, 1.807) is 0 Å². The molecule has 2 rings (SSSR count). The number of carbonyl (C=O) groups excluding carboxylic acids is 2. The lowest BCUT2D eigenvalue weighted by Gasteiger charge is -2.31. The molecule has 0 aliphatic heterocycles. The summed E-state index contributed by atoms with van der Waals surface area (Å²) in [6, 6.07) is 7.76. The normalized spacial score (nSPS) is 12.8. The van der Waals surface area contributed by atoms with Crippen LogP contribution in [0.1, 0.15) is 73.2 Å². The Morgan fingerprint density at radius 3 is 2.17 bits per heavy atom. The smallest absolute Gasteiger partial charge is 0.243 e. The number of aromatic nitrogens is 2. The number of imidazole rings is 1. The zero-order valence-corrected chi connectivity index (χ0v) is 18.9. The molecule has 0 spiro atoms. The fraction of sp³-hybridized carbons (Fsp3) is 0.609. The summed E-state index contributed by atoms with van der Waals surface area (Å²) < 4.78 is 1.95. The summed E-state index contributed by atoms with van der Waals surface area (Å²) >= 11 is 0. The van der Waals surface area contributed by atoms with Gasteiger partial charge in [0.15, 0.2) is 0 Å². The summed E-state index contributed by atoms with van der Waals surface area (Å²) in [4.78, 5) is 32.4. The zero-order chi connectivity index (χ0) is 21.7. The Morgan fingerprint density at radius 1 is 1.03 bits per heavy atom. The van der Waals surface area contributed by atoms with E-state index in [2.05, 4.69) is 5.32 Å². The molecular formula is C23H36N4O2. The topological polar surface area (TPSA) is 67.2 Å². The number of hydrogen-bond acceptors (Lipinski definition) is 3. The van der Waals surface area contributed by atoms with Crippen molar-refractivity contribution in [3.63, 3.8) is 0 Å². The molecule has 1 atom stereocenters. The molecule has 29 heavy (non-hydrogen) atoms. The van der Waals surface area contributed by atoms with Crippen LogP contribution in [0.15, 0.2) is 24.3 Å². The van der Waals surface area contributed by atoms with Crippen LogP contribution in [-0.2, 0) is 16.1 Å². The number of amides is 2. The minimum absolute atomic E-state index is 0.00529. The van der Waals surface area contributed by atoms with E-state index in [0.29, 0.717) is 5.82 Å². The average molecular weight is 401 g/mol. The Bertz CT molecular complexity index is 829. The van der Waals surface area contributed by atoms with Crippen LogP contribution in [0.4, 0.5) is 0 Å². The van der Waals surface area contributed by atoms with Crippen molar-refractivity contribution in [2.75, 3.05) is 0 Å². The van der Waals surface area contributed by atoms with Crippen molar-refractivity contribution in [2.45, 2.75) is 86.0 Å². The highest BCUT2D eigenvalue weighted by Crippen LogP contribution is 2.22. The summed E-state index contributed by atoms with van der Waals surface area (Å²) in [6.45, 7) is 14.3. The van der Waals surface area contributed by atoms with Crippen LogP contribution in [0.2, 0.25) is 0 Å². The molecule has 0 bridgehead atoms. The third-order valence-electron chi connectivity index (χ3n) is 5.48. The second-order valence-electron chi connectivity index (χ2n) is 8.28. The lowest BCUT2D eigenvalue weighted by molar-refractivity contribution is -0.135. The van der Waals surface area contributed by atoms with Gasteiger partial charge in [0.25, 0.3) is 0 Å². The Morgan fingerprint density at radius 2 is 1.62 bits per heavy atom. The number of carbonyl (C=O) groups is 2. The first-order chi connectivity index (χ1) is 13.7. The first-order valence-electron chi connectivity index (χ1n) is 10.8. The van der Waals surface area contributed by atoms with Crippen LogP contribution in [0.5, 0.6) is 0 Å². The van der Waals surface area contributed by atoms with E-state index < -0.39 is 0 Å². The molecule has 0 saturated carbocycles. The van der Waals surface area contributed by atoms with Crippen molar-refractivity contribution in [1.29, 1.82) is 0 Å². The highest BCUT2D eigenvalue weighted by molar-refractivity contribution is 5.82. The molecule has 0 aliphatic carbocycles. The van der Waals surface area contributed by atoms with Crippen LogP contribution in [-0.4, -0.2) is 38.3 Å². The molecule has 2 amide bonds. The first kappa shape index (κ1) is 22.9. The van der Waals surface area contributed by atoms with Gasteiger partial charge in [-0.15, -0.1) is 0 Å². The predicted octanol–water partition coefficient (Wildman–Crippen LogP) is 4.30. The van der Waals surface area contributed by atoms with Gasteiger partial charge in [-0.3, -0.25) is 9.59 Å². The SMILES string of the molecule is CCC(CC)C(=O)NC(C)c1nc2ccccc2n1CC(=O)N(C(C)C)C(C)C. The highest BCUT2D eigenvalue weighted by Gasteiger charge is 2.25. The van der Waals surface area contributed by atoms with Crippen molar-refractivity contribution >= 4 is 22.8 Å². The molecule has 6 nitrogen and oxygen atoms in total. The van der Waals surface area contributed by atoms with E-state index in [4.69, 9.17) is 4.98 Å².